The average molecular weight is 310 g/mol. The van der Waals surface area contributed by atoms with E-state index in [1.54, 1.807) is 12.1 Å². The summed E-state index contributed by atoms with van der Waals surface area (Å²) in [6.07, 6.45) is 1.87. The molecule has 4 nitrogen and oxygen atoms in total. The van der Waals surface area contributed by atoms with Crippen LogP contribution in [-0.4, -0.2) is 29.4 Å². The minimum atomic E-state index is -0.237. The van der Waals surface area contributed by atoms with Crippen molar-refractivity contribution in [3.05, 3.63) is 59.5 Å². The smallest absolute Gasteiger partial charge is 0.123 e. The van der Waals surface area contributed by atoms with Crippen molar-refractivity contribution in [1.82, 2.24) is 20.4 Å². The van der Waals surface area contributed by atoms with Gasteiger partial charge in [-0.2, -0.15) is 5.10 Å². The molecule has 2 aromatic carbocycles. The van der Waals surface area contributed by atoms with Gasteiger partial charge in [0.05, 0.1) is 17.4 Å². The third kappa shape index (κ3) is 2.62. The number of piperazine rings is 1. The summed E-state index contributed by atoms with van der Waals surface area (Å²) < 4.78 is 15.0. The molecule has 1 aliphatic rings. The third-order valence-electron chi connectivity index (χ3n) is 4.44. The van der Waals surface area contributed by atoms with E-state index < -0.39 is 0 Å². The van der Waals surface area contributed by atoms with E-state index in [-0.39, 0.29) is 5.82 Å². The van der Waals surface area contributed by atoms with Gasteiger partial charge >= 0.3 is 0 Å². The molecule has 2 N–H and O–H groups in total. The van der Waals surface area contributed by atoms with Crippen LogP contribution in [0.15, 0.2) is 42.6 Å². The van der Waals surface area contributed by atoms with Crippen LogP contribution in [0, 0.1) is 12.7 Å². The number of hydrogen-bond donors (Lipinski definition) is 2. The number of benzene rings is 2. The zero-order valence-electron chi connectivity index (χ0n) is 13.0. The summed E-state index contributed by atoms with van der Waals surface area (Å²) in [6, 6.07) is 11.1. The first kappa shape index (κ1) is 14.4. The van der Waals surface area contributed by atoms with E-state index in [9.17, 15) is 4.39 Å². The van der Waals surface area contributed by atoms with Crippen molar-refractivity contribution in [1.29, 1.82) is 0 Å². The molecule has 1 aromatic heterocycles. The standard InChI is InChI=1S/C18H19FN4/c1-12-8-18-13(9-16(12)17-11-20-6-7-21-17)10-22-23(18)15-4-2-14(19)3-5-15/h2-5,8-10,17,20-21H,6-7,11H2,1H3/t17-/m1/s1. The van der Waals surface area contributed by atoms with Crippen molar-refractivity contribution in [3.8, 4) is 5.69 Å². The predicted octanol–water partition coefficient (Wildman–Crippen LogP) is 2.71. The van der Waals surface area contributed by atoms with Crippen molar-refractivity contribution in [3.63, 3.8) is 0 Å². The number of aromatic nitrogens is 2. The van der Waals surface area contributed by atoms with Gasteiger partial charge in [0.2, 0.25) is 0 Å². The van der Waals surface area contributed by atoms with E-state index in [1.165, 1.54) is 23.3 Å². The van der Waals surface area contributed by atoms with Crippen LogP contribution in [0.25, 0.3) is 16.6 Å². The van der Waals surface area contributed by atoms with Crippen molar-refractivity contribution in [2.24, 2.45) is 0 Å². The highest BCUT2D eigenvalue weighted by Gasteiger charge is 2.18. The number of fused-ring (bicyclic) bond motifs is 1. The summed E-state index contributed by atoms with van der Waals surface area (Å²) >= 11 is 0. The van der Waals surface area contributed by atoms with Crippen LogP contribution in [0.2, 0.25) is 0 Å². The summed E-state index contributed by atoms with van der Waals surface area (Å²) in [5.74, 6) is -0.237. The fraction of sp³-hybridized carbons (Fsp3) is 0.278. The van der Waals surface area contributed by atoms with Crippen molar-refractivity contribution >= 4 is 10.9 Å². The molecule has 0 bridgehead atoms. The molecule has 118 valence electrons. The number of rotatable bonds is 2. The van der Waals surface area contributed by atoms with Gasteiger partial charge < -0.3 is 10.6 Å². The minimum absolute atomic E-state index is 0.237. The zero-order chi connectivity index (χ0) is 15.8. The Morgan fingerprint density at radius 3 is 2.74 bits per heavy atom. The highest BCUT2D eigenvalue weighted by Crippen LogP contribution is 2.26. The lowest BCUT2D eigenvalue weighted by Crippen LogP contribution is -2.42. The number of nitrogens with zero attached hydrogens (tertiary/aromatic N) is 2. The van der Waals surface area contributed by atoms with Gasteiger partial charge in [-0.25, -0.2) is 9.07 Å². The number of hydrogen-bond acceptors (Lipinski definition) is 3. The quantitative estimate of drug-likeness (QED) is 0.765. The third-order valence-corrected chi connectivity index (χ3v) is 4.44. The van der Waals surface area contributed by atoms with E-state index in [0.717, 1.165) is 36.2 Å². The monoisotopic (exact) mass is 310 g/mol. The maximum atomic E-state index is 13.1. The van der Waals surface area contributed by atoms with Gasteiger partial charge in [-0.15, -0.1) is 0 Å². The van der Waals surface area contributed by atoms with Gasteiger partial charge in [0.25, 0.3) is 0 Å². The molecule has 3 aromatic rings. The SMILES string of the molecule is Cc1cc2c(cnn2-c2ccc(F)cc2)cc1[C@H]1CNCCN1. The Bertz CT molecular complexity index is 832. The minimum Gasteiger partial charge on any atom is -0.314 e. The summed E-state index contributed by atoms with van der Waals surface area (Å²) in [4.78, 5) is 0. The molecule has 0 aliphatic carbocycles. The fourth-order valence-electron chi connectivity index (χ4n) is 3.23. The predicted molar refractivity (Wildman–Crippen MR) is 89.4 cm³/mol. The molecule has 0 unspecified atom stereocenters. The van der Waals surface area contributed by atoms with E-state index in [1.807, 2.05) is 10.9 Å². The molecule has 23 heavy (non-hydrogen) atoms. The van der Waals surface area contributed by atoms with E-state index in [0.29, 0.717) is 6.04 Å². The van der Waals surface area contributed by atoms with Crippen molar-refractivity contribution in [2.45, 2.75) is 13.0 Å². The van der Waals surface area contributed by atoms with Crippen LogP contribution in [0.5, 0.6) is 0 Å². The molecule has 1 aliphatic heterocycles. The van der Waals surface area contributed by atoms with Gasteiger partial charge in [-0.3, -0.25) is 0 Å². The first-order valence-electron chi connectivity index (χ1n) is 7.91. The lowest BCUT2D eigenvalue weighted by molar-refractivity contribution is 0.429. The second-order valence-electron chi connectivity index (χ2n) is 6.01. The lowest BCUT2D eigenvalue weighted by Gasteiger charge is -2.26. The van der Waals surface area contributed by atoms with Gasteiger partial charge in [0, 0.05) is 31.1 Å². The van der Waals surface area contributed by atoms with Crippen LogP contribution in [0.1, 0.15) is 17.2 Å². The molecule has 4 rings (SSSR count). The second-order valence-corrected chi connectivity index (χ2v) is 6.01. The van der Waals surface area contributed by atoms with Gasteiger partial charge in [-0.05, 0) is 54.4 Å². The number of nitrogens with one attached hydrogen (secondary N) is 2. The number of halogens is 1. The van der Waals surface area contributed by atoms with Crippen molar-refractivity contribution in [2.75, 3.05) is 19.6 Å². The summed E-state index contributed by atoms with van der Waals surface area (Å²) in [5, 5.41) is 12.6. The Balaban J connectivity index is 1.78. The van der Waals surface area contributed by atoms with Crippen LogP contribution >= 0.6 is 0 Å². The molecule has 0 spiro atoms. The van der Waals surface area contributed by atoms with E-state index >= 15 is 0 Å². The summed E-state index contributed by atoms with van der Waals surface area (Å²) in [6.45, 7) is 5.07. The molecule has 0 radical (unpaired) electrons. The molecule has 5 heteroatoms. The highest BCUT2D eigenvalue weighted by molar-refractivity contribution is 5.82. The molecular weight excluding hydrogens is 291 g/mol. The van der Waals surface area contributed by atoms with Crippen molar-refractivity contribution < 1.29 is 4.39 Å². The van der Waals surface area contributed by atoms with Crippen LogP contribution < -0.4 is 10.6 Å². The topological polar surface area (TPSA) is 41.9 Å². The van der Waals surface area contributed by atoms with Crippen LogP contribution in [-0.2, 0) is 0 Å². The molecule has 1 atom stereocenters. The zero-order valence-corrected chi connectivity index (χ0v) is 13.0. The molecular formula is C18H19FN4. The Kier molecular flexibility index (Phi) is 3.59. The Morgan fingerprint density at radius 1 is 1.17 bits per heavy atom. The maximum Gasteiger partial charge on any atom is 0.123 e. The second kappa shape index (κ2) is 5.76. The van der Waals surface area contributed by atoms with E-state index in [2.05, 4.69) is 34.8 Å². The molecule has 1 fully saturated rings. The fourth-order valence-corrected chi connectivity index (χ4v) is 3.23. The summed E-state index contributed by atoms with van der Waals surface area (Å²) in [7, 11) is 0. The van der Waals surface area contributed by atoms with E-state index in [4.69, 9.17) is 0 Å². The Labute approximate surface area is 134 Å². The van der Waals surface area contributed by atoms with Crippen LogP contribution in [0.3, 0.4) is 0 Å². The van der Waals surface area contributed by atoms with Gasteiger partial charge in [-0.1, -0.05) is 0 Å². The Hall–Kier alpha value is -2.24. The highest BCUT2D eigenvalue weighted by atomic mass is 19.1. The molecule has 0 saturated carbocycles. The van der Waals surface area contributed by atoms with Gasteiger partial charge in [0.1, 0.15) is 5.82 Å². The largest absolute Gasteiger partial charge is 0.314 e. The maximum absolute atomic E-state index is 13.1. The van der Waals surface area contributed by atoms with Crippen LogP contribution in [0.4, 0.5) is 4.39 Å². The summed E-state index contributed by atoms with van der Waals surface area (Å²) in [5.41, 5.74) is 4.46. The number of aryl methyl sites for hydroxylation is 1. The first-order chi connectivity index (χ1) is 11.2. The molecule has 0 amide bonds. The average Bonchev–Trinajstić information content (AvgIpc) is 2.98. The van der Waals surface area contributed by atoms with Gasteiger partial charge in [0.15, 0.2) is 0 Å². The first-order valence-corrected chi connectivity index (χ1v) is 7.91. The molecule has 1 saturated heterocycles. The normalized spacial score (nSPS) is 18.4. The molecule has 2 heterocycles. The Morgan fingerprint density at radius 2 is 2.00 bits per heavy atom. The lowest BCUT2D eigenvalue weighted by atomic mass is 9.98.